The topological polar surface area (TPSA) is 30.5 Å². The Morgan fingerprint density at radius 2 is 1.81 bits per heavy atom. The monoisotopic (exact) mass is 469 g/mol. The fraction of sp³-hybridized carbons (Fsp3) is 0.259. The molecule has 0 aromatic heterocycles. The zero-order chi connectivity index (χ0) is 23.1. The number of ether oxygens (including phenoxy) is 2. The maximum Gasteiger partial charge on any atom is 0.165 e. The van der Waals surface area contributed by atoms with Crippen LogP contribution in [-0.4, -0.2) is 6.61 Å². The van der Waals surface area contributed by atoms with Crippen LogP contribution in [0.2, 0.25) is 10.0 Å². The Balaban J connectivity index is 1.87. The normalized spacial score (nSPS) is 10.7. The molecule has 0 heterocycles. The van der Waals surface area contributed by atoms with Gasteiger partial charge in [0.25, 0.3) is 0 Å². The highest BCUT2D eigenvalue weighted by Crippen LogP contribution is 2.35. The van der Waals surface area contributed by atoms with Gasteiger partial charge in [-0.2, -0.15) is 0 Å². The van der Waals surface area contributed by atoms with Gasteiger partial charge in [0.1, 0.15) is 6.61 Å². The van der Waals surface area contributed by atoms with E-state index < -0.39 is 0 Å². The second-order valence-corrected chi connectivity index (χ2v) is 8.48. The molecule has 0 saturated heterocycles. The molecule has 0 amide bonds. The maximum absolute atomic E-state index is 6.33. The fourth-order valence-electron chi connectivity index (χ4n) is 3.49. The van der Waals surface area contributed by atoms with Crippen LogP contribution in [0.3, 0.4) is 0 Å². The number of benzene rings is 3. The molecule has 0 aliphatic heterocycles. The van der Waals surface area contributed by atoms with Gasteiger partial charge in [-0.3, -0.25) is 0 Å². The molecule has 5 heteroatoms. The summed E-state index contributed by atoms with van der Waals surface area (Å²) in [6.07, 6.45) is 2.54. The summed E-state index contributed by atoms with van der Waals surface area (Å²) in [6.45, 7) is 11.7. The molecule has 0 spiro atoms. The van der Waals surface area contributed by atoms with Crippen molar-refractivity contribution in [3.8, 4) is 11.5 Å². The molecule has 168 valence electrons. The molecule has 0 fully saturated rings. The lowest BCUT2D eigenvalue weighted by atomic mass is 10.0. The van der Waals surface area contributed by atoms with Crippen LogP contribution in [0.25, 0.3) is 0 Å². The number of aryl methyl sites for hydroxylation is 1. The Morgan fingerprint density at radius 3 is 2.53 bits per heavy atom. The third-order valence-electron chi connectivity index (χ3n) is 5.33. The third kappa shape index (κ3) is 5.99. The molecule has 1 N–H and O–H groups in total. The third-order valence-corrected chi connectivity index (χ3v) is 5.92. The molecule has 3 aromatic rings. The maximum atomic E-state index is 6.33. The Kier molecular flexibility index (Phi) is 8.49. The molecule has 0 atom stereocenters. The van der Waals surface area contributed by atoms with Gasteiger partial charge in [0.2, 0.25) is 0 Å². The SMILES string of the molecule is C=CCc1cc(CNc2cccc(C)c2C)cc(OCC)c1OCc1ccc(Cl)cc1Cl. The molecule has 32 heavy (non-hydrogen) atoms. The van der Waals surface area contributed by atoms with E-state index in [2.05, 4.69) is 50.0 Å². The van der Waals surface area contributed by atoms with Crippen molar-refractivity contribution in [1.82, 2.24) is 0 Å². The van der Waals surface area contributed by atoms with E-state index in [-0.39, 0.29) is 0 Å². The Hall–Kier alpha value is -2.62. The van der Waals surface area contributed by atoms with Crippen molar-refractivity contribution in [2.45, 2.75) is 40.3 Å². The number of halogens is 2. The molecule has 0 bridgehead atoms. The van der Waals surface area contributed by atoms with Crippen LogP contribution in [0.15, 0.2) is 61.2 Å². The van der Waals surface area contributed by atoms with E-state index in [1.165, 1.54) is 11.1 Å². The lowest BCUT2D eigenvalue weighted by molar-refractivity contribution is 0.267. The first-order valence-electron chi connectivity index (χ1n) is 10.7. The minimum absolute atomic E-state index is 0.320. The van der Waals surface area contributed by atoms with Crippen molar-refractivity contribution >= 4 is 28.9 Å². The zero-order valence-electron chi connectivity index (χ0n) is 18.8. The number of hydrogen-bond acceptors (Lipinski definition) is 3. The van der Waals surface area contributed by atoms with Crippen LogP contribution in [0, 0.1) is 13.8 Å². The summed E-state index contributed by atoms with van der Waals surface area (Å²) < 4.78 is 12.2. The highest BCUT2D eigenvalue weighted by Gasteiger charge is 2.15. The fourth-order valence-corrected chi connectivity index (χ4v) is 3.95. The van der Waals surface area contributed by atoms with Gasteiger partial charge in [-0.15, -0.1) is 6.58 Å². The summed E-state index contributed by atoms with van der Waals surface area (Å²) in [5.74, 6) is 1.43. The summed E-state index contributed by atoms with van der Waals surface area (Å²) in [6, 6.07) is 15.9. The van der Waals surface area contributed by atoms with E-state index in [9.17, 15) is 0 Å². The minimum Gasteiger partial charge on any atom is -0.490 e. The van der Waals surface area contributed by atoms with Gasteiger partial charge in [-0.25, -0.2) is 0 Å². The lowest BCUT2D eigenvalue weighted by Gasteiger charge is -2.19. The zero-order valence-corrected chi connectivity index (χ0v) is 20.3. The van der Waals surface area contributed by atoms with E-state index in [1.807, 2.05) is 31.2 Å². The predicted molar refractivity (Wildman–Crippen MR) is 136 cm³/mol. The van der Waals surface area contributed by atoms with Crippen LogP contribution in [0.4, 0.5) is 5.69 Å². The van der Waals surface area contributed by atoms with Gasteiger partial charge in [0.15, 0.2) is 11.5 Å². The van der Waals surface area contributed by atoms with Crippen LogP contribution >= 0.6 is 23.2 Å². The first-order chi connectivity index (χ1) is 15.4. The van der Waals surface area contributed by atoms with Gasteiger partial charge in [-0.05, 0) is 74.2 Å². The van der Waals surface area contributed by atoms with Gasteiger partial charge in [0.05, 0.1) is 6.61 Å². The molecule has 0 aliphatic carbocycles. The molecule has 0 aliphatic rings. The highest BCUT2D eigenvalue weighted by atomic mass is 35.5. The van der Waals surface area contributed by atoms with Crippen molar-refractivity contribution in [1.29, 1.82) is 0 Å². The first-order valence-corrected chi connectivity index (χ1v) is 11.4. The van der Waals surface area contributed by atoms with Crippen LogP contribution in [0.1, 0.15) is 34.7 Å². The summed E-state index contributed by atoms with van der Waals surface area (Å²) in [4.78, 5) is 0. The first kappa shape index (κ1) is 24.0. The van der Waals surface area contributed by atoms with Crippen LogP contribution < -0.4 is 14.8 Å². The van der Waals surface area contributed by atoms with Gasteiger partial charge >= 0.3 is 0 Å². The molecular formula is C27H29Cl2NO2. The highest BCUT2D eigenvalue weighted by molar-refractivity contribution is 6.35. The largest absolute Gasteiger partial charge is 0.490 e. The smallest absolute Gasteiger partial charge is 0.165 e. The number of hydrogen-bond donors (Lipinski definition) is 1. The van der Waals surface area contributed by atoms with Crippen molar-refractivity contribution < 1.29 is 9.47 Å². The average Bonchev–Trinajstić information content (AvgIpc) is 2.76. The number of rotatable bonds is 10. The van der Waals surface area contributed by atoms with E-state index in [1.54, 1.807) is 6.07 Å². The van der Waals surface area contributed by atoms with Gasteiger partial charge < -0.3 is 14.8 Å². The quantitative estimate of drug-likeness (QED) is 0.305. The second-order valence-electron chi connectivity index (χ2n) is 7.63. The summed E-state index contributed by atoms with van der Waals surface area (Å²) in [7, 11) is 0. The molecule has 3 nitrogen and oxygen atoms in total. The Bertz CT molecular complexity index is 1100. The van der Waals surface area contributed by atoms with Crippen LogP contribution in [0.5, 0.6) is 11.5 Å². The number of allylic oxidation sites excluding steroid dienone is 1. The number of nitrogens with one attached hydrogen (secondary N) is 1. The lowest BCUT2D eigenvalue weighted by Crippen LogP contribution is -2.07. The van der Waals surface area contributed by atoms with Gasteiger partial charge in [-0.1, -0.05) is 47.5 Å². The van der Waals surface area contributed by atoms with E-state index >= 15 is 0 Å². The summed E-state index contributed by atoms with van der Waals surface area (Å²) in [5, 5.41) is 4.72. The van der Waals surface area contributed by atoms with E-state index in [4.69, 9.17) is 32.7 Å². The number of anilines is 1. The van der Waals surface area contributed by atoms with Crippen molar-refractivity contribution in [3.63, 3.8) is 0 Å². The minimum atomic E-state index is 0.320. The van der Waals surface area contributed by atoms with Crippen LogP contribution in [-0.2, 0) is 19.6 Å². The molecular weight excluding hydrogens is 441 g/mol. The average molecular weight is 470 g/mol. The van der Waals surface area contributed by atoms with Crippen molar-refractivity contribution in [2.75, 3.05) is 11.9 Å². The second kappa shape index (κ2) is 11.3. The van der Waals surface area contributed by atoms with Gasteiger partial charge in [0, 0.05) is 33.4 Å². The van der Waals surface area contributed by atoms with Crippen molar-refractivity contribution in [2.24, 2.45) is 0 Å². The summed E-state index contributed by atoms with van der Waals surface area (Å²) in [5.41, 5.74) is 6.65. The standard InChI is InChI=1S/C27H29Cl2NO2/c1-5-8-21-13-20(16-30-25-10-7-9-18(3)19(25)4)14-26(31-6-2)27(21)32-17-22-11-12-23(28)15-24(22)29/h5,7,9-15,30H,1,6,8,16-17H2,2-4H3. The van der Waals surface area contributed by atoms with Crippen molar-refractivity contribution in [3.05, 3.63) is 99.0 Å². The van der Waals surface area contributed by atoms with E-state index in [0.29, 0.717) is 42.0 Å². The predicted octanol–water partition coefficient (Wildman–Crippen LogP) is 7.93. The molecule has 3 aromatic carbocycles. The Labute approximate surface area is 201 Å². The summed E-state index contributed by atoms with van der Waals surface area (Å²) >= 11 is 12.3. The molecule has 0 saturated carbocycles. The molecule has 0 radical (unpaired) electrons. The molecule has 0 unspecified atom stereocenters. The Morgan fingerprint density at radius 1 is 1.00 bits per heavy atom. The van der Waals surface area contributed by atoms with E-state index in [0.717, 1.165) is 28.1 Å². The molecule has 3 rings (SSSR count).